The number of rotatable bonds is 8. The summed E-state index contributed by atoms with van der Waals surface area (Å²) in [5.41, 5.74) is 4.64. The Morgan fingerprint density at radius 1 is 1.16 bits per heavy atom. The van der Waals surface area contributed by atoms with E-state index in [1.165, 1.54) is 0 Å². The maximum atomic E-state index is 14.2. The summed E-state index contributed by atoms with van der Waals surface area (Å²) in [5.74, 6) is -1.47. The number of hydrogen-bond donors (Lipinski definition) is 4. The van der Waals surface area contributed by atoms with Crippen LogP contribution in [0, 0.1) is 40.4 Å². The van der Waals surface area contributed by atoms with Gasteiger partial charge in [-0.2, -0.15) is 0 Å². The maximum absolute atomic E-state index is 14.2. The summed E-state index contributed by atoms with van der Waals surface area (Å²) < 4.78 is 0. The Morgan fingerprint density at radius 3 is 2.42 bits per heavy atom. The van der Waals surface area contributed by atoms with Crippen LogP contribution >= 0.6 is 0 Å². The minimum absolute atomic E-state index is 0.0606. The first-order valence-corrected chi connectivity index (χ1v) is 14.0. The summed E-state index contributed by atoms with van der Waals surface area (Å²) in [6.07, 6.45) is 7.60. The molecule has 3 aliphatic carbocycles. The highest BCUT2D eigenvalue weighted by molar-refractivity contribution is 5.96. The SMILES string of the molecule is CC1(C(=O)N[C@H](C(=O)N2C[C@H]3[C@@H]([C@H]2C(=O)N[C@@H](C[C@@H]2CCNC2=O)C(N)=O)[C@H]2C=C[C@@H]3C2)C(C)(C)C)CC1. The average molecular weight is 528 g/mol. The van der Waals surface area contributed by atoms with Gasteiger partial charge >= 0.3 is 0 Å². The molecule has 2 bridgehead atoms. The number of carbonyl (C=O) groups excluding carboxylic acids is 5. The van der Waals surface area contributed by atoms with E-state index in [0.717, 1.165) is 19.3 Å². The Morgan fingerprint density at radius 2 is 1.84 bits per heavy atom. The molecule has 0 aromatic carbocycles. The normalized spacial score (nSPS) is 33.9. The van der Waals surface area contributed by atoms with Crippen LogP contribution in [0.4, 0.5) is 0 Å². The minimum atomic E-state index is -1.01. The van der Waals surface area contributed by atoms with Crippen LogP contribution in [0.15, 0.2) is 12.2 Å². The van der Waals surface area contributed by atoms with Gasteiger partial charge < -0.3 is 26.6 Å². The molecule has 5 amide bonds. The molecule has 2 saturated carbocycles. The fourth-order valence-electron chi connectivity index (χ4n) is 6.97. The van der Waals surface area contributed by atoms with Gasteiger partial charge in [-0.15, -0.1) is 0 Å². The van der Waals surface area contributed by atoms with Gasteiger partial charge in [-0.1, -0.05) is 39.8 Å². The molecule has 10 nitrogen and oxygen atoms in total. The van der Waals surface area contributed by atoms with Gasteiger partial charge in [0.25, 0.3) is 0 Å². The summed E-state index contributed by atoms with van der Waals surface area (Å²) >= 11 is 0. The molecule has 0 spiro atoms. The van der Waals surface area contributed by atoms with Gasteiger partial charge in [0.1, 0.15) is 18.1 Å². The zero-order chi connectivity index (χ0) is 27.6. The van der Waals surface area contributed by atoms with E-state index in [1.807, 2.05) is 27.7 Å². The Balaban J connectivity index is 1.39. The molecule has 5 aliphatic rings. The molecule has 0 unspecified atom stereocenters. The number of likely N-dealkylation sites (tertiary alicyclic amines) is 1. The van der Waals surface area contributed by atoms with E-state index >= 15 is 0 Å². The third-order valence-corrected chi connectivity index (χ3v) is 9.63. The molecule has 0 radical (unpaired) electrons. The summed E-state index contributed by atoms with van der Waals surface area (Å²) in [6.45, 7) is 8.61. The largest absolute Gasteiger partial charge is 0.368 e. The zero-order valence-corrected chi connectivity index (χ0v) is 22.8. The van der Waals surface area contributed by atoms with Crippen molar-refractivity contribution < 1.29 is 24.0 Å². The van der Waals surface area contributed by atoms with Gasteiger partial charge in [0.15, 0.2) is 0 Å². The van der Waals surface area contributed by atoms with Crippen molar-refractivity contribution in [1.29, 1.82) is 0 Å². The van der Waals surface area contributed by atoms with Crippen LogP contribution in [0.2, 0.25) is 0 Å². The second kappa shape index (κ2) is 9.38. The predicted octanol–water partition coefficient (Wildman–Crippen LogP) is 0.463. The fourth-order valence-corrected chi connectivity index (χ4v) is 6.97. The molecule has 2 heterocycles. The van der Waals surface area contributed by atoms with Gasteiger partial charge in [-0.05, 0) is 61.2 Å². The lowest BCUT2D eigenvalue weighted by atomic mass is 9.81. The van der Waals surface area contributed by atoms with Crippen LogP contribution < -0.4 is 21.7 Å². The van der Waals surface area contributed by atoms with Crippen LogP contribution in [0.3, 0.4) is 0 Å². The van der Waals surface area contributed by atoms with E-state index < -0.39 is 46.7 Å². The summed E-state index contributed by atoms with van der Waals surface area (Å²) in [5, 5.41) is 8.58. The number of allylic oxidation sites excluding steroid dienone is 2. The Bertz CT molecular complexity index is 1080. The first-order chi connectivity index (χ1) is 17.8. The Labute approximate surface area is 223 Å². The molecule has 208 valence electrons. The van der Waals surface area contributed by atoms with Crippen LogP contribution in [0.25, 0.3) is 0 Å². The van der Waals surface area contributed by atoms with Crippen LogP contribution in [-0.2, 0) is 24.0 Å². The summed E-state index contributed by atoms with van der Waals surface area (Å²) in [7, 11) is 0. The number of hydrogen-bond acceptors (Lipinski definition) is 5. The molecule has 10 heteroatoms. The molecule has 5 rings (SSSR count). The van der Waals surface area contributed by atoms with Crippen LogP contribution in [0.1, 0.15) is 59.8 Å². The van der Waals surface area contributed by atoms with E-state index in [4.69, 9.17) is 5.73 Å². The molecule has 0 aromatic heterocycles. The highest BCUT2D eigenvalue weighted by Gasteiger charge is 2.59. The van der Waals surface area contributed by atoms with E-state index in [1.54, 1.807) is 4.90 Å². The maximum Gasteiger partial charge on any atom is 0.246 e. The van der Waals surface area contributed by atoms with E-state index in [-0.39, 0.29) is 41.9 Å². The van der Waals surface area contributed by atoms with Gasteiger partial charge in [-0.3, -0.25) is 24.0 Å². The van der Waals surface area contributed by atoms with Crippen molar-refractivity contribution in [3.63, 3.8) is 0 Å². The van der Waals surface area contributed by atoms with Crippen molar-refractivity contribution in [2.75, 3.05) is 13.1 Å². The zero-order valence-electron chi connectivity index (χ0n) is 22.8. The first-order valence-electron chi connectivity index (χ1n) is 14.0. The molecular weight excluding hydrogens is 486 g/mol. The van der Waals surface area contributed by atoms with Crippen molar-refractivity contribution >= 4 is 29.5 Å². The monoisotopic (exact) mass is 527 g/mol. The Kier molecular flexibility index (Phi) is 6.59. The fraction of sp³-hybridized carbons (Fsp3) is 0.750. The van der Waals surface area contributed by atoms with Gasteiger partial charge in [0.05, 0.1) is 0 Å². The molecular formula is C28H41N5O5. The summed E-state index contributed by atoms with van der Waals surface area (Å²) in [6, 6.07) is -2.57. The second-order valence-electron chi connectivity index (χ2n) is 13.4. The quantitative estimate of drug-likeness (QED) is 0.338. The number of nitrogens with zero attached hydrogens (tertiary/aromatic N) is 1. The van der Waals surface area contributed by atoms with E-state index in [2.05, 4.69) is 28.1 Å². The molecule has 2 saturated heterocycles. The van der Waals surface area contributed by atoms with Crippen LogP contribution in [-0.4, -0.2) is 65.7 Å². The second-order valence-corrected chi connectivity index (χ2v) is 13.4. The smallest absolute Gasteiger partial charge is 0.246 e. The third kappa shape index (κ3) is 4.71. The molecule has 38 heavy (non-hydrogen) atoms. The third-order valence-electron chi connectivity index (χ3n) is 9.63. The van der Waals surface area contributed by atoms with Gasteiger partial charge in [-0.25, -0.2) is 0 Å². The molecule has 8 atom stereocenters. The highest BCUT2D eigenvalue weighted by atomic mass is 16.2. The van der Waals surface area contributed by atoms with Crippen molar-refractivity contribution in [3.05, 3.63) is 12.2 Å². The standard InChI is InChI=1S/C28H41N5O5/c1-27(2,3)21(32-26(38)28(4)8-9-28)25(37)33-13-17-14-5-6-15(11-14)19(17)20(33)24(36)31-18(22(29)34)12-16-7-10-30-23(16)35/h5-6,14-21H,7-13H2,1-4H3,(H2,29,34)(H,30,35)(H,31,36)(H,32,38)/t14-,15+,16+,17-,18+,19+,20+,21-/m1/s1. The minimum Gasteiger partial charge on any atom is -0.368 e. The predicted molar refractivity (Wildman–Crippen MR) is 139 cm³/mol. The average Bonchev–Trinajstić information content (AvgIpc) is 3.26. The van der Waals surface area contributed by atoms with E-state index in [0.29, 0.717) is 25.4 Å². The number of carbonyl (C=O) groups is 5. The van der Waals surface area contributed by atoms with Crippen molar-refractivity contribution in [1.82, 2.24) is 20.9 Å². The first kappa shape index (κ1) is 26.7. The number of primary amides is 1. The number of nitrogens with two attached hydrogens (primary N) is 1. The number of nitrogens with one attached hydrogen (secondary N) is 3. The summed E-state index contributed by atoms with van der Waals surface area (Å²) in [4.78, 5) is 67.1. The van der Waals surface area contributed by atoms with Crippen LogP contribution in [0.5, 0.6) is 0 Å². The molecule has 2 aliphatic heterocycles. The lowest BCUT2D eigenvalue weighted by Gasteiger charge is -2.37. The van der Waals surface area contributed by atoms with Gasteiger partial charge in [0, 0.05) is 24.4 Å². The molecule has 5 N–H and O–H groups in total. The highest BCUT2D eigenvalue weighted by Crippen LogP contribution is 2.54. The molecule has 0 aromatic rings. The van der Waals surface area contributed by atoms with Crippen molar-refractivity contribution in [2.45, 2.75) is 77.9 Å². The van der Waals surface area contributed by atoms with Gasteiger partial charge in [0.2, 0.25) is 29.5 Å². The van der Waals surface area contributed by atoms with Crippen molar-refractivity contribution in [3.8, 4) is 0 Å². The van der Waals surface area contributed by atoms with Crippen molar-refractivity contribution in [2.24, 2.45) is 46.2 Å². The lowest BCUT2D eigenvalue weighted by molar-refractivity contribution is -0.146. The topological polar surface area (TPSA) is 151 Å². The Hall–Kier alpha value is -2.91. The lowest BCUT2D eigenvalue weighted by Crippen LogP contribution is -2.60. The number of fused-ring (bicyclic) bond motifs is 5. The molecule has 4 fully saturated rings. The number of amides is 5. The van der Waals surface area contributed by atoms with E-state index in [9.17, 15) is 24.0 Å².